The fourth-order valence-corrected chi connectivity index (χ4v) is 5.51. The van der Waals surface area contributed by atoms with Crippen molar-refractivity contribution < 1.29 is 37.3 Å². The second-order valence-electron chi connectivity index (χ2n) is 11.0. The van der Waals surface area contributed by atoms with Gasteiger partial charge >= 0.3 is 7.82 Å². The first-order chi connectivity index (χ1) is 21.4. The zero-order valence-corrected chi connectivity index (χ0v) is 27.4. The van der Waals surface area contributed by atoms with Crippen molar-refractivity contribution in [3.05, 3.63) is 78.4 Å². The van der Waals surface area contributed by atoms with Crippen molar-refractivity contribution in [3.63, 3.8) is 0 Å². The highest BCUT2D eigenvalue weighted by atomic mass is 31.2. The number of methoxy groups -OCH3 is 1. The SMILES string of the molecule is CCCCCCCCCCCCOc1cccc(OCC(COP(=O)([O-])Oc2cccc(C[n+]3ccncc3)c2)OC)c1C. The molecule has 0 saturated heterocycles. The molecule has 3 aromatic rings. The van der Waals surface area contributed by atoms with E-state index in [1.807, 2.05) is 48.1 Å². The van der Waals surface area contributed by atoms with Gasteiger partial charge in [0, 0.05) is 18.2 Å². The van der Waals surface area contributed by atoms with Gasteiger partial charge < -0.3 is 28.2 Å². The van der Waals surface area contributed by atoms with E-state index in [0.29, 0.717) is 18.9 Å². The van der Waals surface area contributed by atoms with Gasteiger partial charge in [-0.1, -0.05) is 82.9 Å². The minimum Gasteiger partial charge on any atom is -0.746 e. The molecule has 2 unspecified atom stereocenters. The van der Waals surface area contributed by atoms with Crippen molar-refractivity contribution in [2.24, 2.45) is 0 Å². The van der Waals surface area contributed by atoms with Gasteiger partial charge in [0.15, 0.2) is 18.9 Å². The second kappa shape index (κ2) is 20.1. The molecular weight excluding hydrogens is 579 g/mol. The molecule has 2 atom stereocenters. The number of ether oxygens (including phenoxy) is 3. The van der Waals surface area contributed by atoms with Crippen molar-refractivity contribution in [1.82, 2.24) is 4.98 Å². The molecule has 1 aromatic heterocycles. The minimum atomic E-state index is -4.65. The summed E-state index contributed by atoms with van der Waals surface area (Å²) in [4.78, 5) is 16.6. The van der Waals surface area contributed by atoms with Crippen LogP contribution in [0.1, 0.15) is 82.3 Å². The van der Waals surface area contributed by atoms with Crippen LogP contribution in [0.15, 0.2) is 67.3 Å². The molecule has 242 valence electrons. The third-order valence-corrected chi connectivity index (χ3v) is 8.24. The van der Waals surface area contributed by atoms with Gasteiger partial charge in [-0.2, -0.15) is 4.57 Å². The fourth-order valence-electron chi connectivity index (χ4n) is 4.74. The number of phosphoric acid groups is 1. The van der Waals surface area contributed by atoms with E-state index in [0.717, 1.165) is 23.3 Å². The lowest BCUT2D eigenvalue weighted by atomic mass is 10.1. The zero-order chi connectivity index (χ0) is 31.5. The molecule has 0 aliphatic rings. The molecule has 3 rings (SSSR count). The smallest absolute Gasteiger partial charge is 0.319 e. The highest BCUT2D eigenvalue weighted by Crippen LogP contribution is 2.40. The molecule has 0 amide bonds. The normalized spacial score (nSPS) is 13.3. The Kier molecular flexibility index (Phi) is 16.3. The Hall–Kier alpha value is -2.97. The molecule has 0 radical (unpaired) electrons. The predicted molar refractivity (Wildman–Crippen MR) is 169 cm³/mol. The summed E-state index contributed by atoms with van der Waals surface area (Å²) in [6, 6.07) is 12.5. The average molecular weight is 629 g/mol. The lowest BCUT2D eigenvalue weighted by molar-refractivity contribution is -0.688. The van der Waals surface area contributed by atoms with E-state index in [1.54, 1.807) is 30.6 Å². The molecule has 44 heavy (non-hydrogen) atoms. The van der Waals surface area contributed by atoms with Gasteiger partial charge in [0.05, 0.1) is 25.6 Å². The summed E-state index contributed by atoms with van der Waals surface area (Å²) in [6.07, 6.45) is 19.2. The largest absolute Gasteiger partial charge is 0.746 e. The molecule has 0 aliphatic heterocycles. The third-order valence-electron chi connectivity index (χ3n) is 7.34. The van der Waals surface area contributed by atoms with Crippen molar-refractivity contribution in [1.29, 1.82) is 0 Å². The van der Waals surface area contributed by atoms with Crippen LogP contribution in [0.2, 0.25) is 0 Å². The van der Waals surface area contributed by atoms with Crippen molar-refractivity contribution in [2.75, 3.05) is 26.9 Å². The van der Waals surface area contributed by atoms with Crippen LogP contribution < -0.4 is 23.5 Å². The van der Waals surface area contributed by atoms with Crippen LogP contribution in [0, 0.1) is 6.92 Å². The average Bonchev–Trinajstić information content (AvgIpc) is 3.01. The molecule has 0 saturated carbocycles. The van der Waals surface area contributed by atoms with E-state index in [-0.39, 0.29) is 19.0 Å². The van der Waals surface area contributed by atoms with Crippen LogP contribution in [0.5, 0.6) is 17.2 Å². The molecule has 1 heterocycles. The first-order valence-corrected chi connectivity index (χ1v) is 17.3. The first kappa shape index (κ1) is 35.5. The molecule has 0 spiro atoms. The summed E-state index contributed by atoms with van der Waals surface area (Å²) in [7, 11) is -3.17. The van der Waals surface area contributed by atoms with E-state index in [2.05, 4.69) is 11.9 Å². The van der Waals surface area contributed by atoms with Crippen LogP contribution in [0.25, 0.3) is 0 Å². The van der Waals surface area contributed by atoms with Gasteiger partial charge in [0.25, 0.3) is 0 Å². The summed E-state index contributed by atoms with van der Waals surface area (Å²) < 4.78 is 42.3. The molecule has 0 aliphatic carbocycles. The number of nitrogens with zero attached hydrogens (tertiary/aromatic N) is 2. The van der Waals surface area contributed by atoms with Crippen molar-refractivity contribution >= 4 is 7.82 Å². The maximum Gasteiger partial charge on any atom is 0.319 e. The molecule has 9 nitrogen and oxygen atoms in total. The predicted octanol–water partition coefficient (Wildman–Crippen LogP) is 6.98. The maximum atomic E-state index is 12.6. The van der Waals surface area contributed by atoms with Crippen LogP contribution >= 0.6 is 7.82 Å². The van der Waals surface area contributed by atoms with E-state index >= 15 is 0 Å². The third kappa shape index (κ3) is 13.8. The molecule has 0 N–H and O–H groups in total. The number of aromatic nitrogens is 2. The molecule has 2 aromatic carbocycles. The summed E-state index contributed by atoms with van der Waals surface area (Å²) in [5.74, 6) is 1.61. The van der Waals surface area contributed by atoms with E-state index in [1.165, 1.54) is 64.9 Å². The lowest BCUT2D eigenvalue weighted by Crippen LogP contribution is -2.33. The van der Waals surface area contributed by atoms with Crippen LogP contribution in [0.4, 0.5) is 0 Å². The van der Waals surface area contributed by atoms with Crippen molar-refractivity contribution in [3.8, 4) is 17.2 Å². The van der Waals surface area contributed by atoms with E-state index in [9.17, 15) is 9.46 Å². The molecule has 10 heteroatoms. The van der Waals surface area contributed by atoms with E-state index < -0.39 is 13.9 Å². The standard InChI is InChI=1S/C34H49N2O7P/c1-4-5-6-7-8-9-10-11-12-13-24-40-33-18-15-19-34(29(33)2)41-27-32(39-3)28-42-44(37,38)43-31-17-14-16-30(25-31)26-36-22-20-35-21-23-36/h14-23,25,32H,4-13,24,26-28H2,1-3H3. The Morgan fingerprint density at radius 1 is 0.864 bits per heavy atom. The Balaban J connectivity index is 1.38. The summed E-state index contributed by atoms with van der Waals surface area (Å²) >= 11 is 0. The number of unbranched alkanes of at least 4 members (excludes halogenated alkanes) is 9. The van der Waals surface area contributed by atoms with Gasteiger partial charge in [-0.15, -0.1) is 0 Å². The van der Waals surface area contributed by atoms with E-state index in [4.69, 9.17) is 23.3 Å². The number of hydrogen-bond acceptors (Lipinski definition) is 8. The minimum absolute atomic E-state index is 0.0951. The zero-order valence-electron chi connectivity index (χ0n) is 26.5. The highest BCUT2D eigenvalue weighted by Gasteiger charge is 2.18. The van der Waals surface area contributed by atoms with Gasteiger partial charge in [-0.3, -0.25) is 9.55 Å². The fraction of sp³-hybridized carbons (Fsp3) is 0.529. The molecular formula is C34H49N2O7P. The lowest BCUT2D eigenvalue weighted by Gasteiger charge is -2.26. The number of benzene rings is 2. The summed E-state index contributed by atoms with van der Waals surface area (Å²) in [6.45, 7) is 5.25. The van der Waals surface area contributed by atoms with Crippen molar-refractivity contribution in [2.45, 2.75) is 90.7 Å². The van der Waals surface area contributed by atoms with Gasteiger partial charge in [-0.25, -0.2) is 0 Å². The molecule has 0 bridgehead atoms. The number of hydrogen-bond donors (Lipinski definition) is 0. The Bertz CT molecular complexity index is 1260. The highest BCUT2D eigenvalue weighted by molar-refractivity contribution is 7.46. The number of phosphoric ester groups is 1. The molecule has 0 fully saturated rings. The Morgan fingerprint density at radius 3 is 2.18 bits per heavy atom. The topological polar surface area (TPSA) is 103 Å². The Morgan fingerprint density at radius 2 is 1.50 bits per heavy atom. The Labute approximate surface area is 263 Å². The van der Waals surface area contributed by atoms with Gasteiger partial charge in [0.2, 0.25) is 0 Å². The first-order valence-electron chi connectivity index (χ1n) is 15.8. The van der Waals surface area contributed by atoms with Crippen LogP contribution in [0.3, 0.4) is 0 Å². The second-order valence-corrected chi connectivity index (χ2v) is 12.3. The summed E-state index contributed by atoms with van der Waals surface area (Å²) in [5.41, 5.74) is 1.75. The maximum absolute atomic E-state index is 12.6. The van der Waals surface area contributed by atoms with Gasteiger partial charge in [0.1, 0.15) is 30.0 Å². The number of rotatable bonds is 23. The summed E-state index contributed by atoms with van der Waals surface area (Å²) in [5, 5.41) is 0. The van der Waals surface area contributed by atoms with Crippen LogP contribution in [-0.4, -0.2) is 38.0 Å². The monoisotopic (exact) mass is 628 g/mol. The quantitative estimate of drug-likeness (QED) is 0.0630. The van der Waals surface area contributed by atoms with Crippen LogP contribution in [-0.2, 0) is 20.4 Å². The van der Waals surface area contributed by atoms with Gasteiger partial charge in [-0.05, 0) is 37.6 Å².